The summed E-state index contributed by atoms with van der Waals surface area (Å²) in [6.45, 7) is 1.89. The van der Waals surface area contributed by atoms with Crippen LogP contribution in [0.15, 0.2) is 21.5 Å². The van der Waals surface area contributed by atoms with Crippen molar-refractivity contribution in [2.45, 2.75) is 24.7 Å². The van der Waals surface area contributed by atoms with E-state index in [1.165, 1.54) is 24.5 Å². The fourth-order valence-electron chi connectivity index (χ4n) is 1.78. The highest BCUT2D eigenvalue weighted by Crippen LogP contribution is 2.28. The second kappa shape index (κ2) is 7.24. The minimum atomic E-state index is -3.65. The second-order valence-corrected chi connectivity index (χ2v) is 7.55. The van der Waals surface area contributed by atoms with Gasteiger partial charge in [0.25, 0.3) is 0 Å². The molecule has 0 aliphatic rings. The van der Waals surface area contributed by atoms with Gasteiger partial charge in [-0.05, 0) is 31.0 Å². The van der Waals surface area contributed by atoms with E-state index in [1.54, 1.807) is 13.0 Å². The Kier molecular flexibility index (Phi) is 6.18. The van der Waals surface area contributed by atoms with E-state index in [2.05, 4.69) is 20.7 Å². The van der Waals surface area contributed by atoms with Crippen molar-refractivity contribution >= 4 is 37.6 Å². The number of anilines is 1. The third kappa shape index (κ3) is 4.42. The van der Waals surface area contributed by atoms with Crippen LogP contribution in [-0.2, 0) is 19.6 Å². The van der Waals surface area contributed by atoms with Crippen molar-refractivity contribution < 1.29 is 17.9 Å². The van der Waals surface area contributed by atoms with Crippen LogP contribution in [0.2, 0.25) is 0 Å². The largest absolute Gasteiger partial charge is 0.469 e. The van der Waals surface area contributed by atoms with Gasteiger partial charge in [-0.3, -0.25) is 4.79 Å². The van der Waals surface area contributed by atoms with Crippen molar-refractivity contribution in [2.75, 3.05) is 26.4 Å². The number of benzene rings is 1. The lowest BCUT2D eigenvalue weighted by Gasteiger charge is -2.19. The van der Waals surface area contributed by atoms with Crippen LogP contribution in [0.5, 0.6) is 0 Å². The van der Waals surface area contributed by atoms with Crippen molar-refractivity contribution in [1.82, 2.24) is 4.31 Å². The molecule has 1 aromatic carbocycles. The summed E-state index contributed by atoms with van der Waals surface area (Å²) < 4.78 is 31.4. The number of rotatable bonds is 6. The van der Waals surface area contributed by atoms with E-state index in [0.29, 0.717) is 22.1 Å². The van der Waals surface area contributed by atoms with Crippen LogP contribution in [0.3, 0.4) is 0 Å². The van der Waals surface area contributed by atoms with E-state index in [1.807, 2.05) is 0 Å². The molecule has 0 spiro atoms. The molecule has 6 nitrogen and oxygen atoms in total. The number of sulfonamides is 1. The van der Waals surface area contributed by atoms with E-state index < -0.39 is 10.0 Å². The molecule has 0 aromatic heterocycles. The van der Waals surface area contributed by atoms with Gasteiger partial charge in [0.05, 0.1) is 12.0 Å². The Labute approximate surface area is 133 Å². The van der Waals surface area contributed by atoms with E-state index in [4.69, 9.17) is 5.73 Å². The fraction of sp³-hybridized carbons (Fsp3) is 0.462. The number of ether oxygens (including phenoxy) is 1. The topological polar surface area (TPSA) is 89.7 Å². The molecular weight excluding hydrogens is 360 g/mol. The van der Waals surface area contributed by atoms with Crippen LogP contribution in [0.1, 0.15) is 18.4 Å². The van der Waals surface area contributed by atoms with Crippen molar-refractivity contribution in [3.05, 3.63) is 22.2 Å². The molecule has 0 saturated carbocycles. The van der Waals surface area contributed by atoms with Crippen molar-refractivity contribution in [1.29, 1.82) is 0 Å². The quantitative estimate of drug-likeness (QED) is 0.603. The second-order valence-electron chi connectivity index (χ2n) is 4.62. The highest BCUT2D eigenvalue weighted by molar-refractivity contribution is 9.10. The molecule has 2 N–H and O–H groups in total. The molecule has 1 rings (SSSR count). The first-order valence-electron chi connectivity index (χ1n) is 6.29. The standard InChI is InChI=1S/C13H19BrN2O4S/c1-9-11(15)7-10(14)8-12(9)21(18,19)16(2)6-4-5-13(17)20-3/h7-8H,4-6,15H2,1-3H3. The normalized spacial score (nSPS) is 11.7. The van der Waals surface area contributed by atoms with E-state index in [-0.39, 0.29) is 23.8 Å². The lowest BCUT2D eigenvalue weighted by atomic mass is 10.2. The minimum Gasteiger partial charge on any atom is -0.469 e. The number of methoxy groups -OCH3 is 1. The van der Waals surface area contributed by atoms with Gasteiger partial charge >= 0.3 is 5.97 Å². The highest BCUT2D eigenvalue weighted by atomic mass is 79.9. The summed E-state index contributed by atoms with van der Waals surface area (Å²) in [5.74, 6) is -0.358. The number of nitrogen functional groups attached to an aromatic ring is 1. The first kappa shape index (κ1) is 17.9. The first-order chi connectivity index (χ1) is 9.70. The zero-order chi connectivity index (χ0) is 16.2. The maximum Gasteiger partial charge on any atom is 0.305 e. The minimum absolute atomic E-state index is 0.162. The molecule has 1 aromatic rings. The lowest BCUT2D eigenvalue weighted by molar-refractivity contribution is -0.140. The maximum absolute atomic E-state index is 12.5. The summed E-state index contributed by atoms with van der Waals surface area (Å²) in [4.78, 5) is 11.2. The summed E-state index contributed by atoms with van der Waals surface area (Å²) in [6, 6.07) is 3.18. The summed E-state index contributed by atoms with van der Waals surface area (Å²) in [5, 5.41) is 0. The van der Waals surface area contributed by atoms with Gasteiger partial charge in [0.15, 0.2) is 0 Å². The van der Waals surface area contributed by atoms with Gasteiger partial charge < -0.3 is 10.5 Å². The number of carbonyl (C=O) groups is 1. The predicted octanol–water partition coefficient (Wildman–Crippen LogP) is 1.91. The van der Waals surface area contributed by atoms with Crippen LogP contribution in [0, 0.1) is 6.92 Å². The Balaban J connectivity index is 2.93. The van der Waals surface area contributed by atoms with Gasteiger partial charge in [-0.25, -0.2) is 12.7 Å². The van der Waals surface area contributed by atoms with Crippen molar-refractivity contribution in [3.63, 3.8) is 0 Å². The molecule has 0 amide bonds. The monoisotopic (exact) mass is 378 g/mol. The number of nitrogens with zero attached hydrogens (tertiary/aromatic N) is 1. The van der Waals surface area contributed by atoms with Crippen LogP contribution in [0.4, 0.5) is 5.69 Å². The van der Waals surface area contributed by atoms with Crippen LogP contribution in [0.25, 0.3) is 0 Å². The molecule has 0 heterocycles. The molecule has 0 unspecified atom stereocenters. The summed E-state index contributed by atoms with van der Waals surface area (Å²) in [6.07, 6.45) is 0.570. The van der Waals surface area contributed by atoms with Crippen molar-refractivity contribution in [2.24, 2.45) is 0 Å². The lowest BCUT2D eigenvalue weighted by Crippen LogP contribution is -2.29. The molecule has 0 atom stereocenters. The number of halogens is 1. The van der Waals surface area contributed by atoms with Crippen LogP contribution < -0.4 is 5.73 Å². The summed E-state index contributed by atoms with van der Waals surface area (Å²) in [7, 11) is -0.871. The summed E-state index contributed by atoms with van der Waals surface area (Å²) in [5.41, 5.74) is 6.72. The Morgan fingerprint density at radius 3 is 2.62 bits per heavy atom. The number of hydrogen-bond acceptors (Lipinski definition) is 5. The number of hydrogen-bond donors (Lipinski definition) is 1. The van der Waals surface area contributed by atoms with E-state index in [9.17, 15) is 13.2 Å². The molecule has 8 heteroatoms. The average Bonchev–Trinajstić information content (AvgIpc) is 2.42. The maximum atomic E-state index is 12.5. The van der Waals surface area contributed by atoms with Gasteiger partial charge in [-0.1, -0.05) is 15.9 Å². The molecular formula is C13H19BrN2O4S. The molecule has 118 valence electrons. The third-order valence-electron chi connectivity index (χ3n) is 3.13. The molecule has 0 aliphatic carbocycles. The zero-order valence-corrected chi connectivity index (χ0v) is 14.6. The SMILES string of the molecule is COC(=O)CCCN(C)S(=O)(=O)c1cc(Br)cc(N)c1C. The number of nitrogens with two attached hydrogens (primary N) is 1. The Morgan fingerprint density at radius 1 is 1.43 bits per heavy atom. The fourth-order valence-corrected chi connectivity index (χ4v) is 3.89. The Morgan fingerprint density at radius 2 is 2.05 bits per heavy atom. The van der Waals surface area contributed by atoms with E-state index >= 15 is 0 Å². The zero-order valence-electron chi connectivity index (χ0n) is 12.2. The van der Waals surface area contributed by atoms with E-state index in [0.717, 1.165) is 0 Å². The molecule has 0 aliphatic heterocycles. The van der Waals surface area contributed by atoms with Crippen molar-refractivity contribution in [3.8, 4) is 0 Å². The molecule has 0 saturated heterocycles. The van der Waals surface area contributed by atoms with Crippen LogP contribution >= 0.6 is 15.9 Å². The number of carbonyl (C=O) groups excluding carboxylic acids is 1. The Bertz CT molecular complexity index is 631. The molecule has 0 fully saturated rings. The smallest absolute Gasteiger partial charge is 0.305 e. The molecule has 0 radical (unpaired) electrons. The van der Waals surface area contributed by atoms with Gasteiger partial charge in [0.1, 0.15) is 0 Å². The Hall–Kier alpha value is -1.12. The van der Waals surface area contributed by atoms with Gasteiger partial charge in [0.2, 0.25) is 10.0 Å². The molecule has 21 heavy (non-hydrogen) atoms. The average molecular weight is 379 g/mol. The van der Waals surface area contributed by atoms with Gasteiger partial charge in [0, 0.05) is 30.2 Å². The predicted molar refractivity (Wildman–Crippen MR) is 84.4 cm³/mol. The highest BCUT2D eigenvalue weighted by Gasteiger charge is 2.24. The van der Waals surface area contributed by atoms with Crippen LogP contribution in [-0.4, -0.2) is 39.4 Å². The third-order valence-corrected chi connectivity index (χ3v) is 5.58. The number of esters is 1. The first-order valence-corrected chi connectivity index (χ1v) is 8.52. The van der Waals surface area contributed by atoms with Gasteiger partial charge in [-0.2, -0.15) is 0 Å². The summed E-state index contributed by atoms with van der Waals surface area (Å²) >= 11 is 3.25. The molecule has 0 bridgehead atoms. The van der Waals surface area contributed by atoms with Gasteiger partial charge in [-0.15, -0.1) is 0 Å².